The highest BCUT2D eigenvalue weighted by atomic mass is 16.6. The molecular weight excluding hydrogens is 200 g/mol. The van der Waals surface area contributed by atoms with E-state index in [1.807, 2.05) is 0 Å². The number of non-ortho nitro benzene ring substituents is 1. The Hall–Kier alpha value is -2.11. The third kappa shape index (κ3) is 1.61. The molecule has 0 saturated carbocycles. The molecule has 0 fully saturated rings. The maximum atomic E-state index is 10.5. The first-order valence-corrected chi connectivity index (χ1v) is 4.35. The van der Waals surface area contributed by atoms with Gasteiger partial charge in [0.2, 0.25) is 0 Å². The maximum absolute atomic E-state index is 10.5. The number of nitro benzene ring substituents is 1. The number of ether oxygens (including phenoxy) is 1. The maximum Gasteiger partial charge on any atom is 0.270 e. The van der Waals surface area contributed by atoms with Gasteiger partial charge in [-0.3, -0.25) is 10.1 Å². The SMILES string of the molecule is O=[N+]([O-])c1ccc2c(c1)C(=NO)CCO2. The van der Waals surface area contributed by atoms with Crippen molar-refractivity contribution in [3.8, 4) is 5.75 Å². The summed E-state index contributed by atoms with van der Waals surface area (Å²) >= 11 is 0. The van der Waals surface area contributed by atoms with Crippen LogP contribution in [0.25, 0.3) is 0 Å². The lowest BCUT2D eigenvalue weighted by atomic mass is 10.0. The van der Waals surface area contributed by atoms with Crippen LogP contribution < -0.4 is 4.74 Å². The van der Waals surface area contributed by atoms with E-state index < -0.39 is 4.92 Å². The number of oxime groups is 1. The molecule has 0 spiro atoms. The molecule has 0 aromatic heterocycles. The molecule has 1 aromatic rings. The van der Waals surface area contributed by atoms with Crippen molar-refractivity contribution in [2.24, 2.45) is 5.16 Å². The molecule has 1 aliphatic heterocycles. The molecule has 0 atom stereocenters. The van der Waals surface area contributed by atoms with Crippen molar-refractivity contribution < 1.29 is 14.9 Å². The third-order valence-electron chi connectivity index (χ3n) is 2.20. The zero-order chi connectivity index (χ0) is 10.8. The van der Waals surface area contributed by atoms with Crippen molar-refractivity contribution in [2.45, 2.75) is 6.42 Å². The van der Waals surface area contributed by atoms with Gasteiger partial charge in [-0.15, -0.1) is 0 Å². The fraction of sp³-hybridized carbons (Fsp3) is 0.222. The molecule has 0 aliphatic carbocycles. The van der Waals surface area contributed by atoms with Crippen molar-refractivity contribution in [3.05, 3.63) is 33.9 Å². The summed E-state index contributed by atoms with van der Waals surface area (Å²) < 4.78 is 5.28. The Kier molecular flexibility index (Phi) is 2.24. The van der Waals surface area contributed by atoms with E-state index in [0.29, 0.717) is 30.1 Å². The summed E-state index contributed by atoms with van der Waals surface area (Å²) in [5.41, 5.74) is 0.860. The Morgan fingerprint density at radius 3 is 3.00 bits per heavy atom. The van der Waals surface area contributed by atoms with Gasteiger partial charge in [0.05, 0.1) is 17.2 Å². The molecule has 78 valence electrons. The largest absolute Gasteiger partial charge is 0.492 e. The number of nitro groups is 1. The van der Waals surface area contributed by atoms with Crippen LogP contribution in [-0.4, -0.2) is 22.4 Å². The molecule has 6 nitrogen and oxygen atoms in total. The van der Waals surface area contributed by atoms with E-state index >= 15 is 0 Å². The standard InChI is InChI=1S/C9H8N2O4/c12-10-8-3-4-15-9-2-1-6(11(13)14)5-7(8)9/h1-2,5,12H,3-4H2. The molecule has 0 unspecified atom stereocenters. The summed E-state index contributed by atoms with van der Waals surface area (Å²) in [6.07, 6.45) is 0.449. The molecule has 1 aromatic carbocycles. The normalized spacial score (nSPS) is 16.9. The van der Waals surface area contributed by atoms with E-state index in [0.717, 1.165) is 0 Å². The van der Waals surface area contributed by atoms with Crippen LogP contribution in [0.3, 0.4) is 0 Å². The highest BCUT2D eigenvalue weighted by Gasteiger charge is 2.20. The third-order valence-corrected chi connectivity index (χ3v) is 2.20. The fourth-order valence-electron chi connectivity index (χ4n) is 1.48. The smallest absolute Gasteiger partial charge is 0.270 e. The van der Waals surface area contributed by atoms with Crippen LogP contribution >= 0.6 is 0 Å². The van der Waals surface area contributed by atoms with Crippen LogP contribution in [0, 0.1) is 10.1 Å². The predicted molar refractivity (Wildman–Crippen MR) is 51.5 cm³/mol. The summed E-state index contributed by atoms with van der Waals surface area (Å²) in [5, 5.41) is 22.4. The van der Waals surface area contributed by atoms with Gasteiger partial charge in [0.1, 0.15) is 5.75 Å². The van der Waals surface area contributed by atoms with Gasteiger partial charge in [0, 0.05) is 24.1 Å². The van der Waals surface area contributed by atoms with E-state index in [1.54, 1.807) is 0 Å². The highest BCUT2D eigenvalue weighted by Crippen LogP contribution is 2.28. The van der Waals surface area contributed by atoms with Gasteiger partial charge in [-0.25, -0.2) is 0 Å². The predicted octanol–water partition coefficient (Wildman–Crippen LogP) is 1.56. The molecular formula is C9H8N2O4. The van der Waals surface area contributed by atoms with Crippen LogP contribution in [-0.2, 0) is 0 Å². The van der Waals surface area contributed by atoms with Gasteiger partial charge >= 0.3 is 0 Å². The lowest BCUT2D eigenvalue weighted by molar-refractivity contribution is -0.384. The molecule has 0 saturated heterocycles. The molecule has 1 aliphatic rings. The quantitative estimate of drug-likeness (QED) is 0.431. The average molecular weight is 208 g/mol. The monoisotopic (exact) mass is 208 g/mol. The van der Waals surface area contributed by atoms with Gasteiger partial charge in [-0.1, -0.05) is 5.16 Å². The van der Waals surface area contributed by atoms with Gasteiger partial charge in [0.15, 0.2) is 0 Å². The molecule has 2 rings (SSSR count). The Labute approximate surface area is 84.9 Å². The number of hydrogen-bond acceptors (Lipinski definition) is 5. The highest BCUT2D eigenvalue weighted by molar-refractivity contribution is 6.03. The Balaban J connectivity index is 2.53. The molecule has 15 heavy (non-hydrogen) atoms. The Morgan fingerprint density at radius 1 is 1.53 bits per heavy atom. The average Bonchev–Trinajstić information content (AvgIpc) is 2.27. The summed E-state index contributed by atoms with van der Waals surface area (Å²) in [5.74, 6) is 0.514. The fourth-order valence-corrected chi connectivity index (χ4v) is 1.48. The van der Waals surface area contributed by atoms with Gasteiger partial charge in [-0.2, -0.15) is 0 Å². The molecule has 1 N–H and O–H groups in total. The second-order valence-corrected chi connectivity index (χ2v) is 3.08. The van der Waals surface area contributed by atoms with Crippen LogP contribution in [0.5, 0.6) is 5.75 Å². The molecule has 0 amide bonds. The summed E-state index contributed by atoms with van der Waals surface area (Å²) in [4.78, 5) is 10.0. The van der Waals surface area contributed by atoms with E-state index in [2.05, 4.69) is 5.16 Å². The van der Waals surface area contributed by atoms with Gasteiger partial charge in [-0.05, 0) is 6.07 Å². The second-order valence-electron chi connectivity index (χ2n) is 3.08. The van der Waals surface area contributed by atoms with Crippen molar-refractivity contribution >= 4 is 11.4 Å². The summed E-state index contributed by atoms with van der Waals surface area (Å²) in [6, 6.07) is 4.22. The van der Waals surface area contributed by atoms with Crippen molar-refractivity contribution in [3.63, 3.8) is 0 Å². The van der Waals surface area contributed by atoms with E-state index in [9.17, 15) is 10.1 Å². The van der Waals surface area contributed by atoms with Crippen LogP contribution in [0.2, 0.25) is 0 Å². The van der Waals surface area contributed by atoms with Crippen LogP contribution in [0.4, 0.5) is 5.69 Å². The van der Waals surface area contributed by atoms with Crippen molar-refractivity contribution in [1.29, 1.82) is 0 Å². The number of nitrogens with zero attached hydrogens (tertiary/aromatic N) is 2. The topological polar surface area (TPSA) is 85.0 Å². The minimum atomic E-state index is -0.496. The Morgan fingerprint density at radius 2 is 2.33 bits per heavy atom. The lowest BCUT2D eigenvalue weighted by Crippen LogP contribution is -2.16. The first-order valence-electron chi connectivity index (χ1n) is 4.35. The molecule has 0 bridgehead atoms. The van der Waals surface area contributed by atoms with Crippen molar-refractivity contribution in [1.82, 2.24) is 0 Å². The summed E-state index contributed by atoms with van der Waals surface area (Å²) in [6.45, 7) is 0.421. The number of benzene rings is 1. The first-order chi connectivity index (χ1) is 7.22. The minimum Gasteiger partial charge on any atom is -0.492 e. The van der Waals surface area contributed by atoms with Gasteiger partial charge < -0.3 is 9.94 Å². The number of fused-ring (bicyclic) bond motifs is 1. The second kappa shape index (κ2) is 3.56. The van der Waals surface area contributed by atoms with Gasteiger partial charge in [0.25, 0.3) is 5.69 Å². The zero-order valence-corrected chi connectivity index (χ0v) is 7.71. The van der Waals surface area contributed by atoms with Crippen LogP contribution in [0.15, 0.2) is 23.4 Å². The summed E-state index contributed by atoms with van der Waals surface area (Å²) in [7, 11) is 0. The zero-order valence-electron chi connectivity index (χ0n) is 7.71. The van der Waals surface area contributed by atoms with E-state index in [-0.39, 0.29) is 5.69 Å². The number of rotatable bonds is 1. The molecule has 0 radical (unpaired) electrons. The lowest BCUT2D eigenvalue weighted by Gasteiger charge is -2.17. The van der Waals surface area contributed by atoms with E-state index in [4.69, 9.17) is 9.94 Å². The van der Waals surface area contributed by atoms with E-state index in [1.165, 1.54) is 18.2 Å². The van der Waals surface area contributed by atoms with Crippen LogP contribution in [0.1, 0.15) is 12.0 Å². The Bertz CT molecular complexity index is 442. The molecule has 6 heteroatoms. The minimum absolute atomic E-state index is 0.0413. The first kappa shape index (κ1) is 9.45. The number of hydrogen-bond donors (Lipinski definition) is 1. The molecule has 1 heterocycles. The van der Waals surface area contributed by atoms with Crippen molar-refractivity contribution in [2.75, 3.05) is 6.61 Å².